The van der Waals surface area contributed by atoms with Crippen LogP contribution in [0.2, 0.25) is 0 Å². The molecule has 0 amide bonds. The zero-order chi connectivity index (χ0) is 11.8. The lowest BCUT2D eigenvalue weighted by Gasteiger charge is -2.24. The third-order valence-corrected chi connectivity index (χ3v) is 2.91. The highest BCUT2D eigenvalue weighted by Crippen LogP contribution is 1.97. The van der Waals surface area contributed by atoms with Crippen molar-refractivity contribution in [2.24, 2.45) is 0 Å². The second kappa shape index (κ2) is 13.1. The SMILES string of the molecule is C(/C=C/C=C/N1CCOCC1)=[N+]1CCOCC1.O.O.[Cl-]. The van der Waals surface area contributed by atoms with Crippen molar-refractivity contribution in [3.63, 3.8) is 0 Å². The fourth-order valence-corrected chi connectivity index (χ4v) is 1.86. The topological polar surface area (TPSA) is 87.7 Å². The third kappa shape index (κ3) is 8.29. The zero-order valence-corrected chi connectivity index (χ0v) is 12.4. The van der Waals surface area contributed by atoms with Gasteiger partial charge in [-0.3, -0.25) is 0 Å². The van der Waals surface area contributed by atoms with E-state index in [0.717, 1.165) is 52.6 Å². The zero-order valence-electron chi connectivity index (χ0n) is 11.6. The Hall–Kier alpha value is -0.920. The van der Waals surface area contributed by atoms with Crippen LogP contribution in [-0.4, -0.2) is 79.2 Å². The minimum Gasteiger partial charge on any atom is -1.00 e. The molecule has 20 heavy (non-hydrogen) atoms. The first kappa shape index (κ1) is 21.4. The first-order chi connectivity index (χ1) is 8.45. The minimum atomic E-state index is 0. The van der Waals surface area contributed by atoms with Gasteiger partial charge in [0.05, 0.1) is 13.2 Å². The highest BCUT2D eigenvalue weighted by atomic mass is 35.5. The molecule has 0 spiro atoms. The summed E-state index contributed by atoms with van der Waals surface area (Å²) in [6.45, 7) is 7.36. The van der Waals surface area contributed by atoms with Crippen LogP contribution in [0.5, 0.6) is 0 Å². The van der Waals surface area contributed by atoms with Gasteiger partial charge in [0, 0.05) is 19.2 Å². The molecule has 2 rings (SSSR count). The van der Waals surface area contributed by atoms with Gasteiger partial charge in [0.25, 0.3) is 0 Å². The molecule has 0 radical (unpaired) electrons. The molecule has 7 heteroatoms. The highest BCUT2D eigenvalue weighted by Gasteiger charge is 2.08. The molecule has 4 N–H and O–H groups in total. The maximum Gasteiger partial charge on any atom is 0.166 e. The maximum atomic E-state index is 5.29. The van der Waals surface area contributed by atoms with Gasteiger partial charge < -0.3 is 37.7 Å². The molecular weight excluding hydrogens is 284 g/mol. The molecule has 0 aromatic heterocycles. The Morgan fingerprint density at radius 1 is 0.800 bits per heavy atom. The molecule has 0 saturated carbocycles. The molecule has 0 unspecified atom stereocenters. The van der Waals surface area contributed by atoms with E-state index in [4.69, 9.17) is 9.47 Å². The van der Waals surface area contributed by atoms with Crippen molar-refractivity contribution in [3.8, 4) is 0 Å². The number of nitrogens with zero attached hydrogens (tertiary/aromatic N) is 2. The van der Waals surface area contributed by atoms with Crippen LogP contribution in [0.4, 0.5) is 0 Å². The number of morpholine rings is 2. The van der Waals surface area contributed by atoms with Gasteiger partial charge in [-0.25, -0.2) is 4.58 Å². The first-order valence-corrected chi connectivity index (χ1v) is 6.27. The summed E-state index contributed by atoms with van der Waals surface area (Å²) in [5.74, 6) is 0. The van der Waals surface area contributed by atoms with E-state index in [9.17, 15) is 0 Å². The number of rotatable bonds is 3. The molecular formula is C13H25ClN2O4. The number of hydrogen-bond donors (Lipinski definition) is 0. The molecule has 0 bridgehead atoms. The molecule has 2 fully saturated rings. The molecule has 0 atom stereocenters. The van der Waals surface area contributed by atoms with Crippen LogP contribution in [0.3, 0.4) is 0 Å². The molecule has 118 valence electrons. The summed E-state index contributed by atoms with van der Waals surface area (Å²) >= 11 is 0. The van der Waals surface area contributed by atoms with Crippen molar-refractivity contribution in [1.82, 2.24) is 4.90 Å². The molecule has 2 aliphatic heterocycles. The van der Waals surface area contributed by atoms with Gasteiger partial charge in [-0.15, -0.1) is 0 Å². The summed E-state index contributed by atoms with van der Waals surface area (Å²) in [5.41, 5.74) is 0. The summed E-state index contributed by atoms with van der Waals surface area (Å²) in [6.07, 6.45) is 10.5. The lowest BCUT2D eigenvalue weighted by atomic mass is 10.4. The molecule has 6 nitrogen and oxygen atoms in total. The Bertz CT molecular complexity index is 307. The predicted octanol–water partition coefficient (Wildman–Crippen LogP) is -4.14. The van der Waals surface area contributed by atoms with E-state index in [0.29, 0.717) is 0 Å². The molecule has 2 saturated heterocycles. The summed E-state index contributed by atoms with van der Waals surface area (Å²) in [7, 11) is 0. The van der Waals surface area contributed by atoms with E-state index in [2.05, 4.69) is 40.1 Å². The number of ether oxygens (including phenoxy) is 2. The molecule has 0 aromatic carbocycles. The molecule has 2 heterocycles. The van der Waals surface area contributed by atoms with E-state index < -0.39 is 0 Å². The van der Waals surface area contributed by atoms with Gasteiger partial charge in [-0.2, -0.15) is 0 Å². The van der Waals surface area contributed by atoms with Crippen molar-refractivity contribution in [2.75, 3.05) is 52.6 Å². The summed E-state index contributed by atoms with van der Waals surface area (Å²) in [4.78, 5) is 2.28. The second-order valence-electron chi connectivity index (χ2n) is 4.17. The van der Waals surface area contributed by atoms with Crippen molar-refractivity contribution in [3.05, 3.63) is 24.4 Å². The van der Waals surface area contributed by atoms with Gasteiger partial charge in [0.2, 0.25) is 0 Å². The van der Waals surface area contributed by atoms with E-state index in [1.807, 2.05) is 0 Å². The number of halogens is 1. The maximum absolute atomic E-state index is 5.29. The van der Waals surface area contributed by atoms with Crippen molar-refractivity contribution in [2.45, 2.75) is 0 Å². The van der Waals surface area contributed by atoms with Crippen LogP contribution < -0.4 is 12.4 Å². The fourth-order valence-electron chi connectivity index (χ4n) is 1.86. The Balaban J connectivity index is 0. The van der Waals surface area contributed by atoms with Crippen LogP contribution in [0, 0.1) is 0 Å². The summed E-state index contributed by atoms with van der Waals surface area (Å²) in [5, 5.41) is 0. The van der Waals surface area contributed by atoms with Gasteiger partial charge in [-0.1, -0.05) is 6.08 Å². The van der Waals surface area contributed by atoms with Crippen LogP contribution in [0.15, 0.2) is 24.4 Å². The van der Waals surface area contributed by atoms with Crippen LogP contribution in [0.1, 0.15) is 0 Å². The predicted molar refractivity (Wildman–Crippen MR) is 74.8 cm³/mol. The summed E-state index contributed by atoms with van der Waals surface area (Å²) in [6, 6.07) is 0. The Morgan fingerprint density at radius 2 is 1.40 bits per heavy atom. The highest BCUT2D eigenvalue weighted by molar-refractivity contribution is 5.66. The Morgan fingerprint density at radius 3 is 2.05 bits per heavy atom. The monoisotopic (exact) mass is 308 g/mol. The summed E-state index contributed by atoms with van der Waals surface area (Å²) < 4.78 is 12.9. The van der Waals surface area contributed by atoms with E-state index in [1.54, 1.807) is 0 Å². The van der Waals surface area contributed by atoms with Crippen molar-refractivity contribution >= 4 is 6.21 Å². The quantitative estimate of drug-likeness (QED) is 0.392. The molecule has 2 aliphatic rings. The number of allylic oxidation sites excluding steroid dienone is 3. The van der Waals surface area contributed by atoms with Crippen LogP contribution in [-0.2, 0) is 9.47 Å². The van der Waals surface area contributed by atoms with E-state index >= 15 is 0 Å². The average molecular weight is 309 g/mol. The second-order valence-corrected chi connectivity index (χ2v) is 4.17. The standard InChI is InChI=1S/C13H21N2O2.ClH.2H2O/c1(2-4-14-6-10-16-11-7-14)3-5-15-8-12-17-13-9-15;;;/h1-5H,6-13H2;1H;2*1H2/q+1;;;/p-1. The third-order valence-electron chi connectivity index (χ3n) is 2.91. The molecule has 0 aromatic rings. The lowest BCUT2D eigenvalue weighted by molar-refractivity contribution is -0.544. The normalized spacial score (nSPS) is 19.2. The van der Waals surface area contributed by atoms with Crippen molar-refractivity contribution in [1.29, 1.82) is 0 Å². The van der Waals surface area contributed by atoms with E-state index in [1.165, 1.54) is 0 Å². The van der Waals surface area contributed by atoms with Crippen molar-refractivity contribution < 1.29 is 37.4 Å². The van der Waals surface area contributed by atoms with Crippen LogP contribution >= 0.6 is 0 Å². The van der Waals surface area contributed by atoms with Gasteiger partial charge in [0.15, 0.2) is 19.3 Å². The first-order valence-electron chi connectivity index (χ1n) is 6.27. The largest absolute Gasteiger partial charge is 1.00 e. The average Bonchev–Trinajstić information content (AvgIpc) is 2.41. The lowest BCUT2D eigenvalue weighted by Crippen LogP contribution is -3.00. The number of hydrogen-bond acceptors (Lipinski definition) is 3. The minimum absolute atomic E-state index is 0. The fraction of sp³-hybridized carbons (Fsp3) is 0.615. The van der Waals surface area contributed by atoms with Gasteiger partial charge >= 0.3 is 0 Å². The van der Waals surface area contributed by atoms with E-state index in [-0.39, 0.29) is 23.4 Å². The molecule has 0 aliphatic carbocycles. The Kier molecular flexibility index (Phi) is 14.0. The van der Waals surface area contributed by atoms with Gasteiger partial charge in [0.1, 0.15) is 13.2 Å². The van der Waals surface area contributed by atoms with Gasteiger partial charge in [-0.05, 0) is 12.3 Å². The Labute approximate surface area is 126 Å². The van der Waals surface area contributed by atoms with Crippen LogP contribution in [0.25, 0.3) is 0 Å². The smallest absolute Gasteiger partial charge is 0.166 e.